The van der Waals surface area contributed by atoms with Gasteiger partial charge in [0.15, 0.2) is 0 Å². The van der Waals surface area contributed by atoms with Gasteiger partial charge in [-0.3, -0.25) is 0 Å². The summed E-state index contributed by atoms with van der Waals surface area (Å²) >= 11 is 0. The molecule has 2 aromatic carbocycles. The fourth-order valence-electron chi connectivity index (χ4n) is 3.74. The molecule has 0 aliphatic carbocycles. The molecule has 1 aliphatic rings. The Balaban J connectivity index is 1.70. The second-order valence-electron chi connectivity index (χ2n) is 7.14. The highest BCUT2D eigenvalue weighted by molar-refractivity contribution is 7.90. The maximum absolute atomic E-state index is 13.2. The van der Waals surface area contributed by atoms with E-state index < -0.39 is 10.0 Å². The second kappa shape index (κ2) is 7.41. The van der Waals surface area contributed by atoms with Crippen molar-refractivity contribution in [1.29, 1.82) is 0 Å². The van der Waals surface area contributed by atoms with Crippen LogP contribution in [0.1, 0.15) is 35.4 Å². The van der Waals surface area contributed by atoms with Gasteiger partial charge >= 0.3 is 0 Å². The molecule has 2 heterocycles. The summed E-state index contributed by atoms with van der Waals surface area (Å²) in [6.45, 7) is 5.88. The van der Waals surface area contributed by atoms with E-state index >= 15 is 0 Å². The molecular formula is C23H23NO3S. The van der Waals surface area contributed by atoms with Crippen molar-refractivity contribution in [1.82, 2.24) is 3.97 Å². The number of hydrogen-bond acceptors (Lipinski definition) is 3. The molecule has 0 saturated carbocycles. The zero-order chi connectivity index (χ0) is 19.7. The Labute approximate surface area is 166 Å². The van der Waals surface area contributed by atoms with E-state index in [0.29, 0.717) is 5.69 Å². The van der Waals surface area contributed by atoms with Crippen LogP contribution in [0.3, 0.4) is 0 Å². The van der Waals surface area contributed by atoms with Crippen molar-refractivity contribution < 1.29 is 13.2 Å². The number of rotatable bonds is 5. The number of aryl methyl sites for hydroxylation is 1. The first-order chi connectivity index (χ1) is 13.5. The molecule has 3 atom stereocenters. The second-order valence-corrected chi connectivity index (χ2v) is 8.95. The van der Waals surface area contributed by atoms with E-state index in [1.807, 2.05) is 49.4 Å². The zero-order valence-corrected chi connectivity index (χ0v) is 16.5. The smallest absolute Gasteiger partial charge is 0.267 e. The molecule has 0 radical (unpaired) electrons. The molecule has 1 fully saturated rings. The average Bonchev–Trinajstić information content (AvgIpc) is 3.36. The summed E-state index contributed by atoms with van der Waals surface area (Å²) in [4.78, 5) is 0.267. The Bertz CT molecular complexity index is 1070. The highest BCUT2D eigenvalue weighted by Crippen LogP contribution is 2.46. The summed E-state index contributed by atoms with van der Waals surface area (Å²) in [5.74, 6) is 0.0343. The molecule has 28 heavy (non-hydrogen) atoms. The number of aromatic nitrogens is 1. The van der Waals surface area contributed by atoms with E-state index in [4.69, 9.17) is 4.74 Å². The summed E-state index contributed by atoms with van der Waals surface area (Å²) < 4.78 is 34.1. The summed E-state index contributed by atoms with van der Waals surface area (Å²) in [5, 5.41) is 0. The van der Waals surface area contributed by atoms with Gasteiger partial charge in [-0.2, -0.15) is 0 Å². The first-order valence-corrected chi connectivity index (χ1v) is 10.8. The van der Waals surface area contributed by atoms with Gasteiger partial charge in [0.25, 0.3) is 10.0 Å². The van der Waals surface area contributed by atoms with Crippen molar-refractivity contribution in [2.75, 3.05) is 0 Å². The normalized spacial score (nSPS) is 22.2. The monoisotopic (exact) mass is 393 g/mol. The number of hydrogen-bond donors (Lipinski definition) is 0. The molecule has 1 saturated heterocycles. The highest BCUT2D eigenvalue weighted by atomic mass is 32.2. The standard InChI is InChI=1S/C23H23NO3S/c1-3-18-16-22(19-8-5-4-6-9-19)27-23(18)21-10-7-15-24(21)28(25,26)20-13-11-17(2)12-14-20/h3-15,18,22-23H,1,16H2,2H3. The van der Waals surface area contributed by atoms with Gasteiger partial charge in [0.2, 0.25) is 0 Å². The van der Waals surface area contributed by atoms with Crippen molar-refractivity contribution in [3.63, 3.8) is 0 Å². The van der Waals surface area contributed by atoms with Crippen molar-refractivity contribution in [3.8, 4) is 0 Å². The number of ether oxygens (including phenoxy) is 1. The molecule has 0 bridgehead atoms. The molecule has 4 nitrogen and oxygen atoms in total. The fraction of sp³-hybridized carbons (Fsp3) is 0.217. The topological polar surface area (TPSA) is 48.3 Å². The van der Waals surface area contributed by atoms with Crippen LogP contribution in [0.2, 0.25) is 0 Å². The van der Waals surface area contributed by atoms with Crippen molar-refractivity contribution in [2.24, 2.45) is 5.92 Å². The number of benzene rings is 2. The molecule has 1 aromatic heterocycles. The highest BCUT2D eigenvalue weighted by Gasteiger charge is 2.38. The Morgan fingerprint density at radius 2 is 1.75 bits per heavy atom. The first kappa shape index (κ1) is 18.7. The van der Waals surface area contributed by atoms with E-state index in [0.717, 1.165) is 17.5 Å². The Hall–Kier alpha value is -2.63. The van der Waals surface area contributed by atoms with Gasteiger partial charge in [-0.1, -0.05) is 54.1 Å². The Morgan fingerprint density at radius 1 is 1.04 bits per heavy atom. The van der Waals surface area contributed by atoms with Crippen LogP contribution in [0.25, 0.3) is 0 Å². The van der Waals surface area contributed by atoms with E-state index in [9.17, 15) is 8.42 Å². The van der Waals surface area contributed by atoms with Gasteiger partial charge in [-0.15, -0.1) is 6.58 Å². The third-order valence-electron chi connectivity index (χ3n) is 5.27. The zero-order valence-electron chi connectivity index (χ0n) is 15.7. The van der Waals surface area contributed by atoms with Crippen LogP contribution >= 0.6 is 0 Å². The van der Waals surface area contributed by atoms with Crippen LogP contribution in [-0.2, 0) is 14.8 Å². The minimum atomic E-state index is -3.69. The Morgan fingerprint density at radius 3 is 2.43 bits per heavy atom. The lowest BCUT2D eigenvalue weighted by Crippen LogP contribution is -2.19. The fourth-order valence-corrected chi connectivity index (χ4v) is 5.12. The van der Waals surface area contributed by atoms with Gasteiger partial charge < -0.3 is 4.74 Å². The molecule has 4 rings (SSSR count). The molecule has 0 amide bonds. The van der Waals surface area contributed by atoms with Crippen LogP contribution in [0.15, 0.2) is 90.5 Å². The van der Waals surface area contributed by atoms with E-state index in [-0.39, 0.29) is 23.0 Å². The van der Waals surface area contributed by atoms with Crippen LogP contribution in [-0.4, -0.2) is 12.4 Å². The predicted octanol–water partition coefficient (Wildman–Crippen LogP) is 5.04. The maximum Gasteiger partial charge on any atom is 0.267 e. The van der Waals surface area contributed by atoms with Crippen molar-refractivity contribution in [2.45, 2.75) is 30.4 Å². The van der Waals surface area contributed by atoms with Gasteiger partial charge in [-0.25, -0.2) is 12.4 Å². The minimum absolute atomic E-state index is 0.0343. The molecule has 0 spiro atoms. The summed E-state index contributed by atoms with van der Waals surface area (Å²) in [5.41, 5.74) is 2.74. The summed E-state index contributed by atoms with van der Waals surface area (Å²) in [6.07, 6.45) is 3.78. The van der Waals surface area contributed by atoms with Crippen molar-refractivity contribution >= 4 is 10.0 Å². The molecular weight excluding hydrogens is 370 g/mol. The molecule has 3 aromatic rings. The van der Waals surface area contributed by atoms with Crippen LogP contribution < -0.4 is 0 Å². The molecule has 0 N–H and O–H groups in total. The van der Waals surface area contributed by atoms with Gasteiger partial charge in [0.1, 0.15) is 6.10 Å². The van der Waals surface area contributed by atoms with Crippen LogP contribution in [0.4, 0.5) is 0 Å². The lowest BCUT2D eigenvalue weighted by atomic mass is 9.95. The van der Waals surface area contributed by atoms with Crippen molar-refractivity contribution in [3.05, 3.63) is 102 Å². The molecule has 1 aliphatic heterocycles. The van der Waals surface area contributed by atoms with E-state index in [1.165, 1.54) is 3.97 Å². The van der Waals surface area contributed by atoms with Crippen LogP contribution in [0, 0.1) is 12.8 Å². The minimum Gasteiger partial charge on any atom is -0.363 e. The SMILES string of the molecule is C=CC1CC(c2ccccc2)OC1c1cccn1S(=O)(=O)c1ccc(C)cc1. The predicted molar refractivity (Wildman–Crippen MR) is 110 cm³/mol. The summed E-state index contributed by atoms with van der Waals surface area (Å²) in [6, 6.07) is 20.5. The van der Waals surface area contributed by atoms with Gasteiger partial charge in [0, 0.05) is 12.1 Å². The quantitative estimate of drug-likeness (QED) is 0.571. The first-order valence-electron chi connectivity index (χ1n) is 9.33. The number of nitrogens with zero attached hydrogens (tertiary/aromatic N) is 1. The molecule has 5 heteroatoms. The lowest BCUT2D eigenvalue weighted by molar-refractivity contribution is 0.0345. The summed E-state index contributed by atoms with van der Waals surface area (Å²) in [7, 11) is -3.69. The van der Waals surface area contributed by atoms with Gasteiger partial charge in [0.05, 0.1) is 16.7 Å². The Kier molecular flexibility index (Phi) is 4.96. The van der Waals surface area contributed by atoms with Gasteiger partial charge in [-0.05, 0) is 43.2 Å². The third-order valence-corrected chi connectivity index (χ3v) is 6.99. The van der Waals surface area contributed by atoms with E-state index in [1.54, 1.807) is 36.5 Å². The lowest BCUT2D eigenvalue weighted by Gasteiger charge is -2.19. The van der Waals surface area contributed by atoms with Crippen LogP contribution in [0.5, 0.6) is 0 Å². The molecule has 3 unspecified atom stereocenters. The average molecular weight is 394 g/mol. The third kappa shape index (κ3) is 3.32. The molecule has 144 valence electrons. The van der Waals surface area contributed by atoms with E-state index in [2.05, 4.69) is 6.58 Å². The maximum atomic E-state index is 13.2. The largest absolute Gasteiger partial charge is 0.363 e.